The highest BCUT2D eigenvalue weighted by molar-refractivity contribution is 9.10. The predicted molar refractivity (Wildman–Crippen MR) is 79.4 cm³/mol. The highest BCUT2D eigenvalue weighted by atomic mass is 79.9. The lowest BCUT2D eigenvalue weighted by Gasteiger charge is -2.23. The van der Waals surface area contributed by atoms with Gasteiger partial charge in [0.15, 0.2) is 0 Å². The van der Waals surface area contributed by atoms with Crippen molar-refractivity contribution in [3.8, 4) is 0 Å². The fourth-order valence-corrected chi connectivity index (χ4v) is 2.28. The third-order valence-corrected chi connectivity index (χ3v) is 3.25. The van der Waals surface area contributed by atoms with Crippen LogP contribution in [-0.2, 0) is 0 Å². The largest absolute Gasteiger partial charge is 0.335 e. The van der Waals surface area contributed by atoms with E-state index in [1.807, 2.05) is 24.3 Å². The van der Waals surface area contributed by atoms with Crippen molar-refractivity contribution in [3.63, 3.8) is 0 Å². The molecule has 1 aromatic carbocycles. The van der Waals surface area contributed by atoms with Gasteiger partial charge in [0.2, 0.25) is 0 Å². The van der Waals surface area contributed by atoms with Crippen molar-refractivity contribution in [2.75, 3.05) is 18.4 Å². The summed E-state index contributed by atoms with van der Waals surface area (Å²) >= 11 is 3.37. The first-order chi connectivity index (χ1) is 8.24. The van der Waals surface area contributed by atoms with Crippen molar-refractivity contribution in [3.05, 3.63) is 28.7 Å². The van der Waals surface area contributed by atoms with Crippen LogP contribution >= 0.6 is 28.3 Å². The molecule has 2 rings (SSSR count). The summed E-state index contributed by atoms with van der Waals surface area (Å²) in [5.74, 6) is 0. The van der Waals surface area contributed by atoms with Crippen LogP contribution in [0, 0.1) is 0 Å². The highest BCUT2D eigenvalue weighted by Crippen LogP contribution is 2.15. The van der Waals surface area contributed by atoms with Gasteiger partial charge in [0.05, 0.1) is 0 Å². The highest BCUT2D eigenvalue weighted by Gasteiger charge is 2.14. The minimum Gasteiger partial charge on any atom is -0.335 e. The van der Waals surface area contributed by atoms with Gasteiger partial charge in [0, 0.05) is 16.2 Å². The summed E-state index contributed by atoms with van der Waals surface area (Å²) in [6.45, 7) is 1.95. The zero-order chi connectivity index (χ0) is 12.1. The normalized spacial score (nSPS) is 15.6. The average Bonchev–Trinajstić information content (AvgIpc) is 2.30. The van der Waals surface area contributed by atoms with Gasteiger partial charge in [-0.05, 0) is 44.1 Å². The van der Waals surface area contributed by atoms with Crippen LogP contribution in [0.1, 0.15) is 12.8 Å². The maximum absolute atomic E-state index is 11.7. The number of hydrogen-bond donors (Lipinski definition) is 3. The number of piperidine rings is 1. The van der Waals surface area contributed by atoms with E-state index >= 15 is 0 Å². The van der Waals surface area contributed by atoms with Gasteiger partial charge < -0.3 is 16.0 Å². The van der Waals surface area contributed by atoms with Gasteiger partial charge >= 0.3 is 6.03 Å². The molecule has 1 aromatic rings. The van der Waals surface area contributed by atoms with Crippen molar-refractivity contribution < 1.29 is 4.79 Å². The standard InChI is InChI=1S/C12H16BrN3O.ClH/c13-9-2-1-3-11(8-9)16-12(17)15-10-4-6-14-7-5-10;/h1-3,8,10,14H,4-7H2,(H2,15,16,17);1H. The number of amides is 2. The molecule has 1 aliphatic rings. The number of hydrogen-bond acceptors (Lipinski definition) is 2. The van der Waals surface area contributed by atoms with E-state index in [9.17, 15) is 4.79 Å². The van der Waals surface area contributed by atoms with E-state index in [-0.39, 0.29) is 24.5 Å². The lowest BCUT2D eigenvalue weighted by atomic mass is 10.1. The van der Waals surface area contributed by atoms with Crippen LogP contribution in [0.2, 0.25) is 0 Å². The third kappa shape index (κ3) is 4.84. The van der Waals surface area contributed by atoms with Crippen molar-refractivity contribution in [2.24, 2.45) is 0 Å². The summed E-state index contributed by atoms with van der Waals surface area (Å²) in [5.41, 5.74) is 0.797. The number of rotatable bonds is 2. The molecule has 6 heteroatoms. The number of benzene rings is 1. The van der Waals surface area contributed by atoms with Crippen molar-refractivity contribution in [1.82, 2.24) is 10.6 Å². The Hall–Kier alpha value is -0.780. The molecular formula is C12H17BrClN3O. The predicted octanol–water partition coefficient (Wildman–Crippen LogP) is 2.74. The Kier molecular flexibility index (Phi) is 6.46. The molecule has 0 aromatic heterocycles. The minimum absolute atomic E-state index is 0. The fraction of sp³-hybridized carbons (Fsp3) is 0.417. The molecule has 1 heterocycles. The van der Waals surface area contributed by atoms with Crippen molar-refractivity contribution in [2.45, 2.75) is 18.9 Å². The second kappa shape index (κ2) is 7.61. The van der Waals surface area contributed by atoms with E-state index in [0.717, 1.165) is 36.1 Å². The van der Waals surface area contributed by atoms with Gasteiger partial charge in [-0.2, -0.15) is 0 Å². The van der Waals surface area contributed by atoms with Gasteiger partial charge in [-0.3, -0.25) is 0 Å². The van der Waals surface area contributed by atoms with Gasteiger partial charge in [-0.25, -0.2) is 4.79 Å². The Balaban J connectivity index is 0.00000162. The summed E-state index contributed by atoms with van der Waals surface area (Å²) in [6, 6.07) is 7.72. The average molecular weight is 335 g/mol. The molecule has 0 aliphatic carbocycles. The monoisotopic (exact) mass is 333 g/mol. The first-order valence-corrected chi connectivity index (χ1v) is 6.57. The lowest BCUT2D eigenvalue weighted by molar-refractivity contribution is 0.245. The zero-order valence-corrected chi connectivity index (χ0v) is 12.3. The summed E-state index contributed by atoms with van der Waals surface area (Å²) in [5, 5.41) is 9.08. The molecule has 100 valence electrons. The van der Waals surface area contributed by atoms with Gasteiger partial charge in [0.25, 0.3) is 0 Å². The van der Waals surface area contributed by atoms with Crippen LogP contribution in [0.5, 0.6) is 0 Å². The number of urea groups is 1. The van der Waals surface area contributed by atoms with Crippen molar-refractivity contribution >= 4 is 40.1 Å². The Morgan fingerprint density at radius 1 is 1.33 bits per heavy atom. The second-order valence-electron chi connectivity index (χ2n) is 4.13. The first-order valence-electron chi connectivity index (χ1n) is 5.78. The maximum atomic E-state index is 11.7. The van der Waals surface area contributed by atoms with E-state index in [0.29, 0.717) is 0 Å². The molecular weight excluding hydrogens is 318 g/mol. The Labute approximate surface area is 121 Å². The fourth-order valence-electron chi connectivity index (χ4n) is 1.89. The molecule has 1 aliphatic heterocycles. The summed E-state index contributed by atoms with van der Waals surface area (Å²) in [7, 11) is 0. The SMILES string of the molecule is Cl.O=C(Nc1cccc(Br)c1)NC1CCNCC1. The van der Waals surface area contributed by atoms with Gasteiger partial charge in [0.1, 0.15) is 0 Å². The molecule has 0 bridgehead atoms. The van der Waals surface area contributed by atoms with E-state index < -0.39 is 0 Å². The quantitative estimate of drug-likeness (QED) is 0.779. The van der Waals surface area contributed by atoms with E-state index in [2.05, 4.69) is 31.9 Å². The molecule has 3 N–H and O–H groups in total. The van der Waals surface area contributed by atoms with Gasteiger partial charge in [-0.15, -0.1) is 12.4 Å². The van der Waals surface area contributed by atoms with Gasteiger partial charge in [-0.1, -0.05) is 22.0 Å². The Bertz CT molecular complexity index is 397. The summed E-state index contributed by atoms with van der Waals surface area (Å²) < 4.78 is 0.956. The first kappa shape index (κ1) is 15.3. The van der Waals surface area contributed by atoms with E-state index in [4.69, 9.17) is 0 Å². The molecule has 0 spiro atoms. The third-order valence-electron chi connectivity index (χ3n) is 2.76. The molecule has 1 saturated heterocycles. The molecule has 0 unspecified atom stereocenters. The van der Waals surface area contributed by atoms with Crippen LogP contribution < -0.4 is 16.0 Å². The molecule has 0 radical (unpaired) electrons. The number of carbonyl (C=O) groups is 1. The lowest BCUT2D eigenvalue weighted by Crippen LogP contribution is -2.44. The number of anilines is 1. The minimum atomic E-state index is -0.130. The topological polar surface area (TPSA) is 53.2 Å². The molecule has 4 nitrogen and oxygen atoms in total. The Morgan fingerprint density at radius 2 is 2.06 bits per heavy atom. The Morgan fingerprint density at radius 3 is 2.72 bits per heavy atom. The smallest absolute Gasteiger partial charge is 0.319 e. The van der Waals surface area contributed by atoms with E-state index in [1.165, 1.54) is 0 Å². The van der Waals surface area contributed by atoms with E-state index in [1.54, 1.807) is 0 Å². The second-order valence-corrected chi connectivity index (χ2v) is 5.05. The van der Waals surface area contributed by atoms with Crippen LogP contribution in [0.15, 0.2) is 28.7 Å². The molecule has 0 saturated carbocycles. The summed E-state index contributed by atoms with van der Waals surface area (Å²) in [4.78, 5) is 11.7. The molecule has 2 amide bonds. The van der Waals surface area contributed by atoms with Crippen LogP contribution in [0.25, 0.3) is 0 Å². The molecule has 1 fully saturated rings. The number of carbonyl (C=O) groups excluding carboxylic acids is 1. The zero-order valence-electron chi connectivity index (χ0n) is 9.91. The molecule has 18 heavy (non-hydrogen) atoms. The van der Waals surface area contributed by atoms with Crippen LogP contribution in [0.4, 0.5) is 10.5 Å². The van der Waals surface area contributed by atoms with Crippen LogP contribution in [-0.4, -0.2) is 25.2 Å². The molecule has 0 atom stereocenters. The van der Waals surface area contributed by atoms with Crippen molar-refractivity contribution in [1.29, 1.82) is 0 Å². The number of halogens is 2. The maximum Gasteiger partial charge on any atom is 0.319 e. The summed E-state index contributed by atoms with van der Waals surface area (Å²) in [6.07, 6.45) is 1.98. The number of nitrogens with one attached hydrogen (secondary N) is 3. The van der Waals surface area contributed by atoms with Crippen LogP contribution in [0.3, 0.4) is 0 Å².